The minimum Gasteiger partial charge on any atom is -0.478 e. The Kier molecular flexibility index (Phi) is 5.21. The third-order valence-corrected chi connectivity index (χ3v) is 3.58. The third kappa shape index (κ3) is 4.78. The Morgan fingerprint density at radius 3 is 1.81 bits per heavy atom. The van der Waals surface area contributed by atoms with E-state index in [0.717, 1.165) is 6.07 Å². The van der Waals surface area contributed by atoms with E-state index >= 15 is 0 Å². The lowest BCUT2D eigenvalue weighted by atomic mass is 10.0. The molecular formula is C17H11F6NO3. The maximum atomic E-state index is 12.9. The number of aromatic carboxylic acids is 1. The summed E-state index contributed by atoms with van der Waals surface area (Å²) in [4.78, 5) is 23.2. The van der Waals surface area contributed by atoms with E-state index in [1.54, 1.807) is 0 Å². The Bertz CT molecular complexity index is 870. The van der Waals surface area contributed by atoms with Gasteiger partial charge in [0.25, 0.3) is 5.91 Å². The molecule has 2 N–H and O–H groups in total. The van der Waals surface area contributed by atoms with Gasteiger partial charge in [-0.25, -0.2) is 4.79 Å². The molecule has 0 fully saturated rings. The van der Waals surface area contributed by atoms with Gasteiger partial charge in [0.2, 0.25) is 0 Å². The normalized spacial score (nSPS) is 12.0. The zero-order valence-electron chi connectivity index (χ0n) is 13.5. The monoisotopic (exact) mass is 391 g/mol. The zero-order valence-corrected chi connectivity index (χ0v) is 13.5. The van der Waals surface area contributed by atoms with Crippen LogP contribution in [0.3, 0.4) is 0 Å². The molecule has 2 rings (SSSR count). The predicted molar refractivity (Wildman–Crippen MR) is 82.5 cm³/mol. The van der Waals surface area contributed by atoms with E-state index in [-0.39, 0.29) is 17.3 Å². The summed E-state index contributed by atoms with van der Waals surface area (Å²) in [6.07, 6.45) is -10.2. The van der Waals surface area contributed by atoms with E-state index in [1.807, 2.05) is 0 Å². The van der Waals surface area contributed by atoms with Crippen molar-refractivity contribution in [2.24, 2.45) is 0 Å². The molecule has 0 bridgehead atoms. The van der Waals surface area contributed by atoms with Crippen molar-refractivity contribution in [1.29, 1.82) is 0 Å². The first-order valence-electron chi connectivity index (χ1n) is 7.24. The van der Waals surface area contributed by atoms with Crippen LogP contribution in [0.25, 0.3) is 0 Å². The Morgan fingerprint density at radius 1 is 0.852 bits per heavy atom. The number of carboxylic acid groups (broad SMARTS) is 1. The lowest BCUT2D eigenvalue weighted by Gasteiger charge is -2.15. The summed E-state index contributed by atoms with van der Waals surface area (Å²) < 4.78 is 77.2. The molecule has 0 aliphatic heterocycles. The van der Waals surface area contributed by atoms with Gasteiger partial charge in [-0.1, -0.05) is 6.07 Å². The fourth-order valence-corrected chi connectivity index (χ4v) is 2.17. The number of anilines is 1. The number of hydrogen-bond acceptors (Lipinski definition) is 2. The van der Waals surface area contributed by atoms with E-state index in [4.69, 9.17) is 5.11 Å². The second-order valence-electron chi connectivity index (χ2n) is 5.58. The summed E-state index contributed by atoms with van der Waals surface area (Å²) in [5.74, 6) is -2.55. The number of nitrogens with one attached hydrogen (secondary N) is 1. The molecule has 10 heteroatoms. The molecule has 0 saturated heterocycles. The molecule has 0 aromatic heterocycles. The summed E-state index contributed by atoms with van der Waals surface area (Å²) in [7, 11) is 0. The van der Waals surface area contributed by atoms with Gasteiger partial charge in [0, 0.05) is 11.3 Å². The largest absolute Gasteiger partial charge is 0.478 e. The van der Waals surface area contributed by atoms with Crippen LogP contribution in [0.4, 0.5) is 32.0 Å². The van der Waals surface area contributed by atoms with Crippen molar-refractivity contribution >= 4 is 17.6 Å². The minimum absolute atomic E-state index is 0.0501. The number of benzene rings is 2. The Balaban J connectivity index is 2.47. The van der Waals surface area contributed by atoms with E-state index < -0.39 is 40.9 Å². The van der Waals surface area contributed by atoms with E-state index in [2.05, 4.69) is 5.32 Å². The lowest BCUT2D eigenvalue weighted by molar-refractivity contribution is -0.143. The first kappa shape index (κ1) is 20.3. The highest BCUT2D eigenvalue weighted by Gasteiger charge is 2.37. The van der Waals surface area contributed by atoms with Gasteiger partial charge >= 0.3 is 18.3 Å². The van der Waals surface area contributed by atoms with Crippen molar-refractivity contribution in [3.8, 4) is 0 Å². The number of amides is 1. The number of rotatable bonds is 3. The van der Waals surface area contributed by atoms with Crippen LogP contribution in [-0.2, 0) is 12.4 Å². The molecule has 2 aromatic carbocycles. The molecule has 0 radical (unpaired) electrons. The molecule has 4 nitrogen and oxygen atoms in total. The van der Waals surface area contributed by atoms with Gasteiger partial charge in [-0.15, -0.1) is 0 Å². The number of hydrogen-bond donors (Lipinski definition) is 2. The average molecular weight is 391 g/mol. The standard InChI is InChI=1S/C17H11F6NO3/c1-8-2-3-9(15(26)27)6-13(8)24-14(25)10-4-11(16(18,19)20)7-12(5-10)17(21,22)23/h2-7H,1H3,(H,24,25)(H,26,27). The fraction of sp³-hybridized carbons (Fsp3) is 0.176. The number of aryl methyl sites for hydroxylation is 1. The lowest BCUT2D eigenvalue weighted by Crippen LogP contribution is -2.18. The minimum atomic E-state index is -5.09. The van der Waals surface area contributed by atoms with Gasteiger partial charge in [0.05, 0.1) is 16.7 Å². The first-order chi connectivity index (χ1) is 12.3. The second kappa shape index (κ2) is 6.93. The highest BCUT2D eigenvalue weighted by Crippen LogP contribution is 2.36. The first-order valence-corrected chi connectivity index (χ1v) is 7.24. The van der Waals surface area contributed by atoms with E-state index in [9.17, 15) is 35.9 Å². The fourth-order valence-electron chi connectivity index (χ4n) is 2.17. The van der Waals surface area contributed by atoms with Crippen molar-refractivity contribution in [2.75, 3.05) is 5.32 Å². The predicted octanol–water partition coefficient (Wildman–Crippen LogP) is 4.98. The summed E-state index contributed by atoms with van der Waals surface area (Å²) in [5, 5.41) is 11.1. The van der Waals surface area contributed by atoms with Crippen LogP contribution in [0.5, 0.6) is 0 Å². The molecular weight excluding hydrogens is 380 g/mol. The summed E-state index contributed by atoms with van der Waals surface area (Å²) in [6.45, 7) is 1.48. The average Bonchev–Trinajstić information content (AvgIpc) is 2.54. The Labute approximate surface area is 148 Å². The molecule has 0 spiro atoms. The molecule has 0 saturated carbocycles. The molecule has 1 amide bonds. The van der Waals surface area contributed by atoms with Gasteiger partial charge in [-0.2, -0.15) is 26.3 Å². The van der Waals surface area contributed by atoms with Crippen LogP contribution in [0.15, 0.2) is 36.4 Å². The van der Waals surface area contributed by atoms with Crippen LogP contribution in [-0.4, -0.2) is 17.0 Å². The van der Waals surface area contributed by atoms with E-state index in [1.165, 1.54) is 19.1 Å². The van der Waals surface area contributed by atoms with Crippen LogP contribution < -0.4 is 5.32 Å². The second-order valence-corrected chi connectivity index (χ2v) is 5.58. The number of carbonyl (C=O) groups excluding carboxylic acids is 1. The number of alkyl halides is 6. The quantitative estimate of drug-likeness (QED) is 0.725. The third-order valence-electron chi connectivity index (χ3n) is 3.58. The smallest absolute Gasteiger partial charge is 0.416 e. The Hall–Kier alpha value is -3.04. The van der Waals surface area contributed by atoms with Gasteiger partial charge in [-0.3, -0.25) is 4.79 Å². The van der Waals surface area contributed by atoms with Crippen molar-refractivity contribution < 1.29 is 41.0 Å². The Morgan fingerprint density at radius 2 is 1.37 bits per heavy atom. The number of carboxylic acids is 1. The molecule has 0 atom stereocenters. The van der Waals surface area contributed by atoms with Gasteiger partial charge < -0.3 is 10.4 Å². The van der Waals surface area contributed by atoms with E-state index in [0.29, 0.717) is 17.7 Å². The SMILES string of the molecule is Cc1ccc(C(=O)O)cc1NC(=O)c1cc(C(F)(F)F)cc(C(F)(F)F)c1. The number of carbonyl (C=O) groups is 2. The molecule has 0 unspecified atom stereocenters. The van der Waals surface area contributed by atoms with Crippen molar-refractivity contribution in [3.63, 3.8) is 0 Å². The number of halogens is 6. The van der Waals surface area contributed by atoms with Crippen LogP contribution >= 0.6 is 0 Å². The highest BCUT2D eigenvalue weighted by molar-refractivity contribution is 6.05. The topological polar surface area (TPSA) is 66.4 Å². The molecule has 0 aliphatic carbocycles. The van der Waals surface area contributed by atoms with Gasteiger partial charge in [0.1, 0.15) is 0 Å². The molecule has 0 heterocycles. The maximum absolute atomic E-state index is 12.9. The van der Waals surface area contributed by atoms with Crippen LogP contribution in [0.2, 0.25) is 0 Å². The highest BCUT2D eigenvalue weighted by atomic mass is 19.4. The van der Waals surface area contributed by atoms with Crippen molar-refractivity contribution in [2.45, 2.75) is 19.3 Å². The molecule has 2 aromatic rings. The molecule has 144 valence electrons. The van der Waals surface area contributed by atoms with Crippen LogP contribution in [0, 0.1) is 6.92 Å². The summed E-state index contributed by atoms with van der Waals surface area (Å²) in [6, 6.07) is 4.12. The molecule has 0 aliphatic rings. The molecule has 27 heavy (non-hydrogen) atoms. The summed E-state index contributed by atoms with van der Waals surface area (Å²) >= 11 is 0. The zero-order chi connectivity index (χ0) is 20.6. The van der Waals surface area contributed by atoms with Gasteiger partial charge in [0.15, 0.2) is 0 Å². The van der Waals surface area contributed by atoms with Crippen LogP contribution in [0.1, 0.15) is 37.4 Å². The summed E-state index contributed by atoms with van der Waals surface area (Å²) in [5.41, 5.74) is -4.01. The van der Waals surface area contributed by atoms with Crippen molar-refractivity contribution in [1.82, 2.24) is 0 Å². The maximum Gasteiger partial charge on any atom is 0.416 e. The van der Waals surface area contributed by atoms with Gasteiger partial charge in [-0.05, 0) is 42.8 Å². The van der Waals surface area contributed by atoms with Crippen molar-refractivity contribution in [3.05, 3.63) is 64.2 Å².